The number of nitrogens with zero attached hydrogens (tertiary/aromatic N) is 1. The number of hydrogen-bond acceptors (Lipinski definition) is 4. The molecule has 21 heavy (non-hydrogen) atoms. The van der Waals surface area contributed by atoms with Crippen molar-refractivity contribution < 1.29 is 9.47 Å². The van der Waals surface area contributed by atoms with Gasteiger partial charge >= 0.3 is 0 Å². The van der Waals surface area contributed by atoms with Gasteiger partial charge in [0.05, 0.1) is 6.61 Å². The van der Waals surface area contributed by atoms with Gasteiger partial charge in [0.2, 0.25) is 0 Å². The summed E-state index contributed by atoms with van der Waals surface area (Å²) in [5.41, 5.74) is 1.10. The molecule has 1 N–H and O–H groups in total. The number of nitrogens with one attached hydrogen (secondary N) is 1. The second-order valence-electron chi connectivity index (χ2n) is 4.85. The highest BCUT2D eigenvalue weighted by molar-refractivity contribution is 9.10. The molecule has 110 valence electrons. The van der Waals surface area contributed by atoms with E-state index in [1.807, 2.05) is 30.3 Å². The Hall–Kier alpha value is -1.43. The van der Waals surface area contributed by atoms with Crippen molar-refractivity contribution in [3.05, 3.63) is 58.8 Å². The van der Waals surface area contributed by atoms with E-state index in [-0.39, 0.29) is 12.2 Å². The van der Waals surface area contributed by atoms with Gasteiger partial charge in [-0.25, -0.2) is 4.98 Å². The van der Waals surface area contributed by atoms with Crippen molar-refractivity contribution in [2.45, 2.75) is 12.2 Å². The lowest BCUT2D eigenvalue weighted by Gasteiger charge is -2.31. The molecule has 0 aliphatic carbocycles. The van der Waals surface area contributed by atoms with Gasteiger partial charge in [0.15, 0.2) is 11.9 Å². The fourth-order valence-electron chi connectivity index (χ4n) is 2.38. The number of morpholine rings is 1. The minimum absolute atomic E-state index is 0.0201. The van der Waals surface area contributed by atoms with E-state index >= 15 is 0 Å². The summed E-state index contributed by atoms with van der Waals surface area (Å²) in [5, 5.41) is 3.35. The highest BCUT2D eigenvalue weighted by Gasteiger charge is 2.28. The molecule has 1 aliphatic heterocycles. The summed E-state index contributed by atoms with van der Waals surface area (Å²) in [4.78, 5) is 4.21. The molecule has 0 bridgehead atoms. The van der Waals surface area contributed by atoms with Crippen molar-refractivity contribution in [3.8, 4) is 5.75 Å². The SMILES string of the molecule is Brc1ncccc1O[C@@H](c1ccccc1)[C@@H]1CNCCO1. The molecule has 1 saturated heterocycles. The predicted molar refractivity (Wildman–Crippen MR) is 84.4 cm³/mol. The van der Waals surface area contributed by atoms with E-state index in [1.54, 1.807) is 6.20 Å². The van der Waals surface area contributed by atoms with Crippen LogP contribution >= 0.6 is 15.9 Å². The Bertz CT molecular complexity index is 573. The molecule has 1 aliphatic rings. The molecular formula is C16H17BrN2O2. The Labute approximate surface area is 132 Å². The van der Waals surface area contributed by atoms with Gasteiger partial charge in [0.1, 0.15) is 10.7 Å². The molecular weight excluding hydrogens is 332 g/mol. The fourth-order valence-corrected chi connectivity index (χ4v) is 2.72. The van der Waals surface area contributed by atoms with E-state index < -0.39 is 0 Å². The van der Waals surface area contributed by atoms with E-state index in [9.17, 15) is 0 Å². The number of benzene rings is 1. The van der Waals surface area contributed by atoms with Gasteiger partial charge in [-0.15, -0.1) is 0 Å². The average molecular weight is 349 g/mol. The van der Waals surface area contributed by atoms with Gasteiger partial charge in [0, 0.05) is 19.3 Å². The van der Waals surface area contributed by atoms with E-state index in [0.717, 1.165) is 24.4 Å². The van der Waals surface area contributed by atoms with Crippen molar-refractivity contribution in [2.24, 2.45) is 0 Å². The highest BCUT2D eigenvalue weighted by atomic mass is 79.9. The Balaban J connectivity index is 1.87. The van der Waals surface area contributed by atoms with Crippen LogP contribution in [-0.2, 0) is 4.74 Å². The molecule has 0 spiro atoms. The zero-order valence-electron chi connectivity index (χ0n) is 11.5. The van der Waals surface area contributed by atoms with Crippen molar-refractivity contribution in [2.75, 3.05) is 19.7 Å². The second-order valence-corrected chi connectivity index (χ2v) is 5.61. The lowest BCUT2D eigenvalue weighted by molar-refractivity contribution is -0.0435. The van der Waals surface area contributed by atoms with Gasteiger partial charge in [0.25, 0.3) is 0 Å². The van der Waals surface area contributed by atoms with Gasteiger partial charge in [-0.05, 0) is 33.6 Å². The molecule has 2 atom stereocenters. The van der Waals surface area contributed by atoms with E-state index in [1.165, 1.54) is 0 Å². The normalized spacial score (nSPS) is 20.0. The fraction of sp³-hybridized carbons (Fsp3) is 0.312. The third-order valence-electron chi connectivity index (χ3n) is 3.40. The van der Waals surface area contributed by atoms with Crippen LogP contribution in [0.3, 0.4) is 0 Å². The summed E-state index contributed by atoms with van der Waals surface area (Å²) >= 11 is 3.43. The quantitative estimate of drug-likeness (QED) is 0.862. The Morgan fingerprint density at radius 2 is 2.10 bits per heavy atom. The summed E-state index contributed by atoms with van der Waals surface area (Å²) in [6, 6.07) is 13.9. The number of ether oxygens (including phenoxy) is 2. The van der Waals surface area contributed by atoms with Crippen molar-refractivity contribution in [1.82, 2.24) is 10.3 Å². The van der Waals surface area contributed by atoms with Crippen LogP contribution in [0.4, 0.5) is 0 Å². The van der Waals surface area contributed by atoms with E-state index in [2.05, 4.69) is 38.4 Å². The van der Waals surface area contributed by atoms with Gasteiger partial charge in [-0.2, -0.15) is 0 Å². The van der Waals surface area contributed by atoms with Crippen LogP contribution in [0.25, 0.3) is 0 Å². The molecule has 0 radical (unpaired) electrons. The maximum atomic E-state index is 6.20. The van der Waals surface area contributed by atoms with Gasteiger partial charge < -0.3 is 14.8 Å². The van der Waals surface area contributed by atoms with Crippen molar-refractivity contribution in [1.29, 1.82) is 0 Å². The van der Waals surface area contributed by atoms with Crippen LogP contribution in [0.15, 0.2) is 53.3 Å². The molecule has 1 aromatic carbocycles. The third-order valence-corrected chi connectivity index (χ3v) is 4.00. The lowest BCUT2D eigenvalue weighted by Crippen LogP contribution is -2.43. The van der Waals surface area contributed by atoms with Crippen LogP contribution in [-0.4, -0.2) is 30.8 Å². The molecule has 0 saturated carbocycles. The van der Waals surface area contributed by atoms with Crippen molar-refractivity contribution in [3.63, 3.8) is 0 Å². The number of aromatic nitrogens is 1. The van der Waals surface area contributed by atoms with E-state index in [4.69, 9.17) is 9.47 Å². The first-order valence-corrected chi connectivity index (χ1v) is 7.78. The van der Waals surface area contributed by atoms with E-state index in [0.29, 0.717) is 11.2 Å². The molecule has 0 amide bonds. The summed E-state index contributed by atoms with van der Waals surface area (Å²) in [7, 11) is 0. The third kappa shape index (κ3) is 3.61. The molecule has 0 unspecified atom stereocenters. The maximum absolute atomic E-state index is 6.20. The number of rotatable bonds is 4. The standard InChI is InChI=1S/C16H17BrN2O2/c17-16-13(7-4-8-19-16)21-15(12-5-2-1-3-6-12)14-11-18-9-10-20-14/h1-8,14-15,18H,9-11H2/t14-,15-/m0/s1. The molecule has 2 aromatic rings. The number of pyridine rings is 1. The summed E-state index contributed by atoms with van der Waals surface area (Å²) < 4.78 is 12.8. The molecule has 4 nitrogen and oxygen atoms in total. The zero-order valence-corrected chi connectivity index (χ0v) is 13.1. The largest absolute Gasteiger partial charge is 0.480 e. The monoisotopic (exact) mass is 348 g/mol. The maximum Gasteiger partial charge on any atom is 0.153 e. The minimum Gasteiger partial charge on any atom is -0.480 e. The molecule has 5 heteroatoms. The van der Waals surface area contributed by atoms with Gasteiger partial charge in [-0.3, -0.25) is 0 Å². The second kappa shape index (κ2) is 7.02. The Kier molecular flexibility index (Phi) is 4.85. The smallest absolute Gasteiger partial charge is 0.153 e. The topological polar surface area (TPSA) is 43.4 Å². The Morgan fingerprint density at radius 3 is 2.81 bits per heavy atom. The first-order valence-electron chi connectivity index (χ1n) is 6.99. The lowest BCUT2D eigenvalue weighted by atomic mass is 10.0. The molecule has 1 fully saturated rings. The van der Waals surface area contributed by atoms with Crippen LogP contribution in [0.1, 0.15) is 11.7 Å². The Morgan fingerprint density at radius 1 is 1.24 bits per heavy atom. The highest BCUT2D eigenvalue weighted by Crippen LogP contribution is 2.30. The molecule has 1 aromatic heterocycles. The summed E-state index contributed by atoms with van der Waals surface area (Å²) in [6.07, 6.45) is 1.54. The van der Waals surface area contributed by atoms with Crippen molar-refractivity contribution >= 4 is 15.9 Å². The van der Waals surface area contributed by atoms with Crippen LogP contribution in [0.2, 0.25) is 0 Å². The van der Waals surface area contributed by atoms with Gasteiger partial charge in [-0.1, -0.05) is 30.3 Å². The summed E-state index contributed by atoms with van der Waals surface area (Å²) in [5.74, 6) is 0.723. The molecule has 3 rings (SSSR count). The first-order chi connectivity index (χ1) is 10.3. The number of hydrogen-bond donors (Lipinski definition) is 1. The minimum atomic E-state index is -0.167. The van der Waals surface area contributed by atoms with Crippen LogP contribution < -0.4 is 10.1 Å². The molecule has 2 heterocycles. The zero-order chi connectivity index (χ0) is 14.5. The van der Waals surface area contributed by atoms with Crippen LogP contribution in [0.5, 0.6) is 5.75 Å². The van der Waals surface area contributed by atoms with Crippen LogP contribution in [0, 0.1) is 0 Å². The predicted octanol–water partition coefficient (Wildman–Crippen LogP) is 2.95. The first kappa shape index (κ1) is 14.5. The average Bonchev–Trinajstić information content (AvgIpc) is 2.56. The summed E-state index contributed by atoms with van der Waals surface area (Å²) in [6.45, 7) is 2.36. The number of halogens is 1.